The molecule has 2 aromatic carbocycles. The van der Waals surface area contributed by atoms with E-state index < -0.39 is 0 Å². The Morgan fingerprint density at radius 2 is 1.86 bits per heavy atom. The number of carbonyl (C=O) groups excluding carboxylic acids is 1. The number of nitrogens with zero attached hydrogens (tertiary/aromatic N) is 1. The van der Waals surface area contributed by atoms with Crippen LogP contribution in [0.2, 0.25) is 0 Å². The van der Waals surface area contributed by atoms with Gasteiger partial charge in [0.15, 0.2) is 5.78 Å². The molecule has 2 aromatic rings. The minimum Gasteiger partial charge on any atom is -0.374 e. The minimum absolute atomic E-state index is 0.0356. The fourth-order valence-electron chi connectivity index (χ4n) is 2.19. The first kappa shape index (κ1) is 15.2. The molecule has 0 N–H and O–H groups in total. The van der Waals surface area contributed by atoms with Gasteiger partial charge in [0.1, 0.15) is 5.82 Å². The summed E-state index contributed by atoms with van der Waals surface area (Å²) in [6, 6.07) is 14.2. The lowest BCUT2D eigenvalue weighted by Gasteiger charge is -2.19. The summed E-state index contributed by atoms with van der Waals surface area (Å²) in [6.45, 7) is 2.73. The van der Waals surface area contributed by atoms with E-state index in [1.54, 1.807) is 12.1 Å². The molecule has 0 bridgehead atoms. The lowest BCUT2D eigenvalue weighted by molar-refractivity contribution is 0.0984. The van der Waals surface area contributed by atoms with Crippen LogP contribution in [0.1, 0.15) is 29.3 Å². The molecule has 0 aliphatic heterocycles. The maximum atomic E-state index is 13.1. The molecule has 2 nitrogen and oxygen atoms in total. The molecule has 110 valence electrons. The highest BCUT2D eigenvalue weighted by Crippen LogP contribution is 2.15. The number of rotatable bonds is 6. The van der Waals surface area contributed by atoms with Gasteiger partial charge in [-0.1, -0.05) is 31.2 Å². The van der Waals surface area contributed by atoms with Gasteiger partial charge < -0.3 is 4.90 Å². The van der Waals surface area contributed by atoms with Crippen molar-refractivity contribution in [2.45, 2.75) is 19.8 Å². The van der Waals surface area contributed by atoms with Crippen LogP contribution < -0.4 is 4.90 Å². The zero-order valence-electron chi connectivity index (χ0n) is 12.5. The van der Waals surface area contributed by atoms with E-state index in [-0.39, 0.29) is 11.6 Å². The first-order chi connectivity index (χ1) is 10.1. The van der Waals surface area contributed by atoms with Gasteiger partial charge in [-0.15, -0.1) is 0 Å². The summed E-state index contributed by atoms with van der Waals surface area (Å²) in [5.74, 6) is -0.407. The lowest BCUT2D eigenvalue weighted by atomic mass is 10.1. The van der Waals surface area contributed by atoms with Gasteiger partial charge in [0.05, 0.1) is 0 Å². The Morgan fingerprint density at radius 1 is 1.14 bits per heavy atom. The third-order valence-corrected chi connectivity index (χ3v) is 3.61. The Bertz CT molecular complexity index is 607. The standard InChI is InChI=1S/C18H20FNO/c1-3-14-7-9-17(10-8-14)20(2)12-11-18(21)15-5-4-6-16(19)13-15/h4-10,13H,3,11-12H2,1-2H3. The lowest BCUT2D eigenvalue weighted by Crippen LogP contribution is -2.21. The predicted molar refractivity (Wildman–Crippen MR) is 84.4 cm³/mol. The second-order valence-electron chi connectivity index (χ2n) is 5.13. The summed E-state index contributed by atoms with van der Waals surface area (Å²) < 4.78 is 13.1. The van der Waals surface area contributed by atoms with Crippen molar-refractivity contribution in [3.8, 4) is 0 Å². The van der Waals surface area contributed by atoms with Crippen molar-refractivity contribution in [2.75, 3.05) is 18.5 Å². The molecular weight excluding hydrogens is 265 g/mol. The van der Waals surface area contributed by atoms with Crippen LogP contribution in [0.5, 0.6) is 0 Å². The summed E-state index contributed by atoms with van der Waals surface area (Å²) in [6.07, 6.45) is 1.39. The van der Waals surface area contributed by atoms with Crippen molar-refractivity contribution in [3.05, 3.63) is 65.5 Å². The van der Waals surface area contributed by atoms with Gasteiger partial charge in [-0.05, 0) is 36.2 Å². The molecule has 0 aromatic heterocycles. The number of aryl methyl sites for hydroxylation is 1. The van der Waals surface area contributed by atoms with Crippen LogP contribution in [-0.4, -0.2) is 19.4 Å². The highest BCUT2D eigenvalue weighted by Gasteiger charge is 2.09. The third kappa shape index (κ3) is 4.15. The van der Waals surface area contributed by atoms with Crippen molar-refractivity contribution >= 4 is 11.5 Å². The molecule has 0 saturated carbocycles. The number of anilines is 1. The van der Waals surface area contributed by atoms with E-state index in [4.69, 9.17) is 0 Å². The third-order valence-electron chi connectivity index (χ3n) is 3.61. The van der Waals surface area contributed by atoms with E-state index in [9.17, 15) is 9.18 Å². The monoisotopic (exact) mass is 285 g/mol. The van der Waals surface area contributed by atoms with Crippen LogP contribution >= 0.6 is 0 Å². The van der Waals surface area contributed by atoms with E-state index in [1.807, 2.05) is 11.9 Å². The topological polar surface area (TPSA) is 20.3 Å². The number of hydrogen-bond donors (Lipinski definition) is 0. The van der Waals surface area contributed by atoms with Gasteiger partial charge >= 0.3 is 0 Å². The Morgan fingerprint density at radius 3 is 2.48 bits per heavy atom. The van der Waals surface area contributed by atoms with E-state index in [1.165, 1.54) is 17.7 Å². The smallest absolute Gasteiger partial charge is 0.164 e. The molecular formula is C18H20FNO. The zero-order valence-corrected chi connectivity index (χ0v) is 12.5. The van der Waals surface area contributed by atoms with Crippen molar-refractivity contribution in [1.82, 2.24) is 0 Å². The molecule has 0 aliphatic carbocycles. The van der Waals surface area contributed by atoms with Crippen molar-refractivity contribution in [3.63, 3.8) is 0 Å². The van der Waals surface area contributed by atoms with Gasteiger partial charge in [0.25, 0.3) is 0 Å². The van der Waals surface area contributed by atoms with E-state index in [0.717, 1.165) is 12.1 Å². The number of Topliss-reactive ketones (excluding diaryl/α,β-unsaturated/α-hetero) is 1. The maximum absolute atomic E-state index is 13.1. The van der Waals surface area contributed by atoms with Crippen molar-refractivity contribution in [1.29, 1.82) is 0 Å². The molecule has 3 heteroatoms. The summed E-state index contributed by atoms with van der Waals surface area (Å²) in [4.78, 5) is 14.1. The normalized spacial score (nSPS) is 10.4. The highest BCUT2D eigenvalue weighted by atomic mass is 19.1. The summed E-state index contributed by atoms with van der Waals surface area (Å²) in [7, 11) is 1.96. The molecule has 0 heterocycles. The molecule has 0 unspecified atom stereocenters. The van der Waals surface area contributed by atoms with Crippen LogP contribution in [-0.2, 0) is 6.42 Å². The summed E-state index contributed by atoms with van der Waals surface area (Å²) >= 11 is 0. The van der Waals surface area contributed by atoms with Crippen molar-refractivity contribution in [2.24, 2.45) is 0 Å². The maximum Gasteiger partial charge on any atom is 0.164 e. The largest absolute Gasteiger partial charge is 0.374 e. The van der Waals surface area contributed by atoms with E-state index >= 15 is 0 Å². The number of benzene rings is 2. The second-order valence-corrected chi connectivity index (χ2v) is 5.13. The number of ketones is 1. The van der Waals surface area contributed by atoms with E-state index in [2.05, 4.69) is 31.2 Å². The molecule has 0 radical (unpaired) electrons. The SMILES string of the molecule is CCc1ccc(N(C)CCC(=O)c2cccc(F)c2)cc1. The minimum atomic E-state index is -0.371. The first-order valence-electron chi connectivity index (χ1n) is 7.19. The second kappa shape index (κ2) is 7.02. The summed E-state index contributed by atoms with van der Waals surface area (Å²) in [5.41, 5.74) is 2.81. The Labute approximate surface area is 125 Å². The van der Waals surface area contributed by atoms with E-state index in [0.29, 0.717) is 18.5 Å². The Balaban J connectivity index is 1.93. The Hall–Kier alpha value is -2.16. The molecule has 0 atom stereocenters. The fraction of sp³-hybridized carbons (Fsp3) is 0.278. The molecule has 0 aliphatic rings. The molecule has 0 spiro atoms. The molecule has 0 fully saturated rings. The van der Waals surface area contributed by atoms with Crippen LogP contribution in [0.3, 0.4) is 0 Å². The number of halogens is 1. The van der Waals surface area contributed by atoms with Gasteiger partial charge in [-0.2, -0.15) is 0 Å². The average molecular weight is 285 g/mol. The van der Waals surface area contributed by atoms with Crippen LogP contribution in [0, 0.1) is 5.82 Å². The quantitative estimate of drug-likeness (QED) is 0.745. The van der Waals surface area contributed by atoms with Crippen LogP contribution in [0.4, 0.5) is 10.1 Å². The fourth-order valence-corrected chi connectivity index (χ4v) is 2.19. The van der Waals surface area contributed by atoms with Crippen LogP contribution in [0.15, 0.2) is 48.5 Å². The predicted octanol–water partition coefficient (Wildman–Crippen LogP) is 4.10. The Kier molecular flexibility index (Phi) is 5.09. The highest BCUT2D eigenvalue weighted by molar-refractivity contribution is 5.96. The average Bonchev–Trinajstić information content (AvgIpc) is 2.52. The molecule has 0 amide bonds. The zero-order chi connectivity index (χ0) is 15.2. The van der Waals surface area contributed by atoms with Crippen LogP contribution in [0.25, 0.3) is 0 Å². The molecule has 0 saturated heterocycles. The van der Waals surface area contributed by atoms with Gasteiger partial charge in [0, 0.05) is 31.3 Å². The van der Waals surface area contributed by atoms with Gasteiger partial charge in [-0.25, -0.2) is 4.39 Å². The number of carbonyl (C=O) groups is 1. The molecule has 2 rings (SSSR count). The van der Waals surface area contributed by atoms with Gasteiger partial charge in [0.2, 0.25) is 0 Å². The van der Waals surface area contributed by atoms with Gasteiger partial charge in [-0.3, -0.25) is 4.79 Å². The summed E-state index contributed by atoms with van der Waals surface area (Å²) in [5, 5.41) is 0. The first-order valence-corrected chi connectivity index (χ1v) is 7.19. The number of hydrogen-bond acceptors (Lipinski definition) is 2. The van der Waals surface area contributed by atoms with Crippen molar-refractivity contribution < 1.29 is 9.18 Å². The molecule has 21 heavy (non-hydrogen) atoms.